The van der Waals surface area contributed by atoms with E-state index in [4.69, 9.17) is 9.73 Å². The number of ether oxygens (including phenoxy) is 1. The van der Waals surface area contributed by atoms with Crippen molar-refractivity contribution in [2.24, 2.45) is 4.99 Å². The van der Waals surface area contributed by atoms with Gasteiger partial charge < -0.3 is 15.0 Å². The van der Waals surface area contributed by atoms with Gasteiger partial charge in [-0.25, -0.2) is 8.42 Å². The second kappa shape index (κ2) is 11.9. The number of guanidine groups is 1. The lowest BCUT2D eigenvalue weighted by Gasteiger charge is -2.34. The van der Waals surface area contributed by atoms with Crippen LogP contribution in [0, 0.1) is 0 Å². The van der Waals surface area contributed by atoms with Gasteiger partial charge in [-0.3, -0.25) is 4.99 Å². The number of sulfone groups is 1. The zero-order valence-electron chi connectivity index (χ0n) is 16.5. The summed E-state index contributed by atoms with van der Waals surface area (Å²) in [4.78, 5) is 7.40. The molecule has 0 amide bonds. The average molecular weight is 509 g/mol. The molecule has 27 heavy (non-hydrogen) atoms. The summed E-state index contributed by atoms with van der Waals surface area (Å²) in [5.41, 5.74) is 1.09. The summed E-state index contributed by atoms with van der Waals surface area (Å²) in [6.07, 6.45) is 4.45. The molecule has 0 saturated carbocycles. The quantitative estimate of drug-likeness (QED) is 0.348. The molecule has 1 aliphatic heterocycles. The highest BCUT2D eigenvalue weighted by molar-refractivity contribution is 14.0. The minimum atomic E-state index is -3.14. The monoisotopic (exact) mass is 509 g/mol. The molecule has 0 spiro atoms. The Kier molecular flexibility index (Phi) is 10.6. The molecule has 1 N–H and O–H groups in total. The van der Waals surface area contributed by atoms with Gasteiger partial charge in [0.05, 0.1) is 11.0 Å². The van der Waals surface area contributed by atoms with E-state index in [0.29, 0.717) is 17.5 Å². The number of benzene rings is 1. The Morgan fingerprint density at radius 3 is 2.37 bits per heavy atom. The third-order valence-electron chi connectivity index (χ3n) is 4.49. The van der Waals surface area contributed by atoms with Crippen LogP contribution in [0.2, 0.25) is 0 Å². The van der Waals surface area contributed by atoms with Crippen molar-refractivity contribution in [2.45, 2.75) is 44.1 Å². The van der Waals surface area contributed by atoms with Crippen LogP contribution >= 0.6 is 24.0 Å². The maximum atomic E-state index is 11.5. The second-order valence-corrected chi connectivity index (χ2v) is 8.56. The van der Waals surface area contributed by atoms with E-state index in [2.05, 4.69) is 17.1 Å². The summed E-state index contributed by atoms with van der Waals surface area (Å²) < 4.78 is 28.7. The Hall–Kier alpha value is -0.870. The number of piperidine rings is 1. The number of rotatable bonds is 7. The molecule has 6 nitrogen and oxygen atoms in total. The highest BCUT2D eigenvalue weighted by atomic mass is 127. The lowest BCUT2D eigenvalue weighted by atomic mass is 10.1. The third-order valence-corrected chi connectivity index (χ3v) is 5.62. The van der Waals surface area contributed by atoms with Crippen molar-refractivity contribution in [2.75, 3.05) is 39.0 Å². The van der Waals surface area contributed by atoms with E-state index in [1.807, 2.05) is 19.1 Å². The predicted octanol–water partition coefficient (Wildman–Crippen LogP) is 2.72. The molecular weight excluding hydrogens is 477 g/mol. The van der Waals surface area contributed by atoms with Crippen LogP contribution in [0.25, 0.3) is 0 Å². The van der Waals surface area contributed by atoms with Gasteiger partial charge in [0.15, 0.2) is 15.8 Å². The maximum Gasteiger partial charge on any atom is 0.193 e. The van der Waals surface area contributed by atoms with Gasteiger partial charge in [0, 0.05) is 39.0 Å². The molecule has 0 aliphatic carbocycles. The number of nitrogens with one attached hydrogen (secondary N) is 1. The number of aliphatic imine (C=N–C) groups is 1. The number of nitrogens with zero attached hydrogens (tertiary/aromatic N) is 2. The SMILES string of the molecule is CCNC(=NCCc1ccc(S(C)(=O)=O)cc1)N1CCC(OCC)CC1.I. The Labute approximate surface area is 180 Å². The molecule has 0 radical (unpaired) electrons. The minimum absolute atomic E-state index is 0. The van der Waals surface area contributed by atoms with Crippen LogP contribution in [0.3, 0.4) is 0 Å². The zero-order chi connectivity index (χ0) is 19.0. The zero-order valence-corrected chi connectivity index (χ0v) is 19.6. The van der Waals surface area contributed by atoms with Crippen LogP contribution < -0.4 is 5.32 Å². The summed E-state index contributed by atoms with van der Waals surface area (Å²) in [6.45, 7) is 8.32. The first-order chi connectivity index (χ1) is 12.4. The highest BCUT2D eigenvalue weighted by Crippen LogP contribution is 2.14. The molecule has 2 rings (SSSR count). The van der Waals surface area contributed by atoms with Crippen molar-refractivity contribution in [1.82, 2.24) is 10.2 Å². The van der Waals surface area contributed by atoms with Crippen molar-refractivity contribution in [3.8, 4) is 0 Å². The Morgan fingerprint density at radius 2 is 1.85 bits per heavy atom. The third kappa shape index (κ3) is 7.95. The lowest BCUT2D eigenvalue weighted by Crippen LogP contribution is -2.47. The standard InChI is InChI=1S/C19H31N3O3S.HI/c1-4-20-19(22-14-11-17(12-15-22)25-5-2)21-13-10-16-6-8-18(9-7-16)26(3,23)24;/h6-9,17H,4-5,10-15H2,1-3H3,(H,20,21);1H. The van der Waals surface area contributed by atoms with Crippen LogP contribution in [0.1, 0.15) is 32.3 Å². The molecule has 154 valence electrons. The first-order valence-electron chi connectivity index (χ1n) is 9.38. The van der Waals surface area contributed by atoms with Gasteiger partial charge >= 0.3 is 0 Å². The Bertz CT molecular complexity index is 685. The van der Waals surface area contributed by atoms with Crippen molar-refractivity contribution in [1.29, 1.82) is 0 Å². The fourth-order valence-corrected chi connectivity index (χ4v) is 3.72. The fraction of sp³-hybridized carbons (Fsp3) is 0.632. The largest absolute Gasteiger partial charge is 0.378 e. The molecule has 0 unspecified atom stereocenters. The van der Waals surface area contributed by atoms with Crippen LogP contribution in [0.15, 0.2) is 34.2 Å². The maximum absolute atomic E-state index is 11.5. The van der Waals surface area contributed by atoms with E-state index in [1.165, 1.54) is 6.26 Å². The molecule has 8 heteroatoms. The second-order valence-electron chi connectivity index (χ2n) is 6.54. The molecule has 1 heterocycles. The van der Waals surface area contributed by atoms with Crippen LogP contribution in [-0.4, -0.2) is 64.4 Å². The van der Waals surface area contributed by atoms with Gasteiger partial charge in [0.2, 0.25) is 0 Å². The fourth-order valence-electron chi connectivity index (χ4n) is 3.09. The van der Waals surface area contributed by atoms with E-state index < -0.39 is 9.84 Å². The van der Waals surface area contributed by atoms with Crippen molar-refractivity contribution >= 4 is 39.8 Å². The lowest BCUT2D eigenvalue weighted by molar-refractivity contribution is 0.0264. The summed E-state index contributed by atoms with van der Waals surface area (Å²) in [5, 5.41) is 3.37. The average Bonchev–Trinajstić information content (AvgIpc) is 2.62. The van der Waals surface area contributed by atoms with Crippen LogP contribution in [0.4, 0.5) is 0 Å². The molecule has 0 atom stereocenters. The molecule has 1 fully saturated rings. The van der Waals surface area contributed by atoms with E-state index in [-0.39, 0.29) is 24.0 Å². The smallest absolute Gasteiger partial charge is 0.193 e. The number of likely N-dealkylation sites (tertiary alicyclic amines) is 1. The summed E-state index contributed by atoms with van der Waals surface area (Å²) in [5.74, 6) is 0.954. The molecule has 0 bridgehead atoms. The Balaban J connectivity index is 0.00000364. The van der Waals surface area contributed by atoms with Crippen LogP contribution in [0.5, 0.6) is 0 Å². The molecule has 1 saturated heterocycles. The van der Waals surface area contributed by atoms with E-state index >= 15 is 0 Å². The van der Waals surface area contributed by atoms with Gasteiger partial charge in [-0.2, -0.15) is 0 Å². The molecule has 1 aromatic rings. The van der Waals surface area contributed by atoms with Gasteiger partial charge in [0.25, 0.3) is 0 Å². The van der Waals surface area contributed by atoms with E-state index in [9.17, 15) is 8.42 Å². The number of hydrogen-bond acceptors (Lipinski definition) is 4. The normalized spacial score (nSPS) is 16.1. The van der Waals surface area contributed by atoms with Gasteiger partial charge in [-0.15, -0.1) is 24.0 Å². The highest BCUT2D eigenvalue weighted by Gasteiger charge is 2.21. The van der Waals surface area contributed by atoms with E-state index in [0.717, 1.165) is 57.0 Å². The summed E-state index contributed by atoms with van der Waals surface area (Å²) in [6, 6.07) is 7.06. The predicted molar refractivity (Wildman–Crippen MR) is 121 cm³/mol. The molecule has 1 aromatic carbocycles. The summed E-state index contributed by atoms with van der Waals surface area (Å²) in [7, 11) is -3.14. The molecular formula is C19H32IN3O3S. The van der Waals surface area contributed by atoms with E-state index in [1.54, 1.807) is 12.1 Å². The van der Waals surface area contributed by atoms with Crippen LogP contribution in [-0.2, 0) is 21.0 Å². The number of halogens is 1. The Morgan fingerprint density at radius 1 is 1.22 bits per heavy atom. The molecule has 1 aliphatic rings. The van der Waals surface area contributed by atoms with Gasteiger partial charge in [-0.05, 0) is 50.8 Å². The first kappa shape index (κ1) is 24.2. The first-order valence-corrected chi connectivity index (χ1v) is 11.3. The minimum Gasteiger partial charge on any atom is -0.378 e. The van der Waals surface area contributed by atoms with Crippen molar-refractivity contribution < 1.29 is 13.2 Å². The van der Waals surface area contributed by atoms with Gasteiger partial charge in [-0.1, -0.05) is 12.1 Å². The summed E-state index contributed by atoms with van der Waals surface area (Å²) >= 11 is 0. The topological polar surface area (TPSA) is 71.0 Å². The molecule has 0 aromatic heterocycles. The van der Waals surface area contributed by atoms with Crippen molar-refractivity contribution in [3.63, 3.8) is 0 Å². The number of hydrogen-bond donors (Lipinski definition) is 1. The van der Waals surface area contributed by atoms with Gasteiger partial charge in [0.1, 0.15) is 0 Å². The van der Waals surface area contributed by atoms with Crippen molar-refractivity contribution in [3.05, 3.63) is 29.8 Å².